The molecule has 0 aliphatic rings. The number of hydrogen-bond donors (Lipinski definition) is 1. The number of ketones is 1. The average molecular weight is 324 g/mol. The molecule has 0 aliphatic carbocycles. The molecule has 124 valence electrons. The standard InChI is InChI=1S/C18H20N4O2/c1-11-6-5-7-14-17(11)22(4)16(20-14)9-19-18(24)15-8-13(12(2)23)10-21(15)3/h5-8,10H,9H2,1-4H3,(H,19,24). The summed E-state index contributed by atoms with van der Waals surface area (Å²) < 4.78 is 3.65. The van der Waals surface area contributed by atoms with Crippen LogP contribution in [0, 0.1) is 6.92 Å². The molecule has 1 amide bonds. The third kappa shape index (κ3) is 2.71. The third-order valence-corrected chi connectivity index (χ3v) is 4.24. The SMILES string of the molecule is CC(=O)c1cc(C(=O)NCc2nc3cccc(C)c3n2C)n(C)c1. The van der Waals surface area contributed by atoms with E-state index in [0.717, 1.165) is 22.4 Å². The van der Waals surface area contributed by atoms with E-state index in [-0.39, 0.29) is 11.7 Å². The zero-order valence-electron chi connectivity index (χ0n) is 14.3. The number of fused-ring (bicyclic) bond motifs is 1. The fraction of sp³-hybridized carbons (Fsp3) is 0.278. The summed E-state index contributed by atoms with van der Waals surface area (Å²) in [6.07, 6.45) is 1.66. The number of nitrogens with one attached hydrogen (secondary N) is 1. The van der Waals surface area contributed by atoms with Crippen LogP contribution in [0.2, 0.25) is 0 Å². The minimum Gasteiger partial charge on any atom is -0.346 e. The molecule has 0 spiro atoms. The molecule has 3 aromatic rings. The first-order chi connectivity index (χ1) is 11.4. The van der Waals surface area contributed by atoms with Crippen LogP contribution in [0.5, 0.6) is 0 Å². The van der Waals surface area contributed by atoms with E-state index in [1.807, 2.05) is 36.7 Å². The smallest absolute Gasteiger partial charge is 0.268 e. The van der Waals surface area contributed by atoms with Crippen LogP contribution in [0.25, 0.3) is 11.0 Å². The number of benzene rings is 1. The maximum Gasteiger partial charge on any atom is 0.268 e. The lowest BCUT2D eigenvalue weighted by Crippen LogP contribution is -2.26. The van der Waals surface area contributed by atoms with Gasteiger partial charge in [-0.05, 0) is 31.5 Å². The van der Waals surface area contributed by atoms with E-state index in [1.54, 1.807) is 23.9 Å². The molecule has 3 rings (SSSR count). The number of carbonyl (C=O) groups excluding carboxylic acids is 2. The van der Waals surface area contributed by atoms with Crippen LogP contribution in [0.1, 0.15) is 39.2 Å². The van der Waals surface area contributed by atoms with Gasteiger partial charge < -0.3 is 14.5 Å². The maximum atomic E-state index is 12.4. The Kier molecular flexibility index (Phi) is 3.97. The zero-order chi connectivity index (χ0) is 17.4. The number of hydrogen-bond acceptors (Lipinski definition) is 3. The minimum atomic E-state index is -0.228. The van der Waals surface area contributed by atoms with Gasteiger partial charge in [-0.1, -0.05) is 12.1 Å². The number of aromatic nitrogens is 3. The van der Waals surface area contributed by atoms with Crippen molar-refractivity contribution in [2.24, 2.45) is 14.1 Å². The molecule has 0 aliphatic heterocycles. The van der Waals surface area contributed by atoms with Crippen LogP contribution in [-0.4, -0.2) is 25.8 Å². The molecule has 0 unspecified atom stereocenters. The number of Topliss-reactive ketones (excluding diaryl/α,β-unsaturated/α-hetero) is 1. The molecule has 0 atom stereocenters. The number of imidazole rings is 1. The van der Waals surface area contributed by atoms with E-state index in [9.17, 15) is 9.59 Å². The largest absolute Gasteiger partial charge is 0.346 e. The van der Waals surface area contributed by atoms with Crippen LogP contribution in [-0.2, 0) is 20.6 Å². The van der Waals surface area contributed by atoms with E-state index < -0.39 is 0 Å². The highest BCUT2D eigenvalue weighted by Gasteiger charge is 2.15. The Morgan fingerprint density at radius 1 is 1.25 bits per heavy atom. The van der Waals surface area contributed by atoms with Crippen LogP contribution in [0.4, 0.5) is 0 Å². The monoisotopic (exact) mass is 324 g/mol. The highest BCUT2D eigenvalue weighted by molar-refractivity contribution is 5.99. The van der Waals surface area contributed by atoms with Crippen molar-refractivity contribution in [3.05, 3.63) is 53.1 Å². The van der Waals surface area contributed by atoms with E-state index in [1.165, 1.54) is 6.92 Å². The summed E-state index contributed by atoms with van der Waals surface area (Å²) in [4.78, 5) is 28.4. The maximum absolute atomic E-state index is 12.4. The molecule has 6 nitrogen and oxygen atoms in total. The normalized spacial score (nSPS) is 11.0. The summed E-state index contributed by atoms with van der Waals surface area (Å²) in [6, 6.07) is 7.58. The summed E-state index contributed by atoms with van der Waals surface area (Å²) in [5.41, 5.74) is 4.11. The highest BCUT2D eigenvalue weighted by Crippen LogP contribution is 2.18. The second-order valence-electron chi connectivity index (χ2n) is 5.99. The van der Waals surface area contributed by atoms with Gasteiger partial charge in [0.05, 0.1) is 17.6 Å². The molecule has 0 bridgehead atoms. The summed E-state index contributed by atoms with van der Waals surface area (Å²) >= 11 is 0. The molecule has 24 heavy (non-hydrogen) atoms. The van der Waals surface area contributed by atoms with Gasteiger partial charge in [0.2, 0.25) is 0 Å². The van der Waals surface area contributed by atoms with Crippen molar-refractivity contribution in [2.45, 2.75) is 20.4 Å². The van der Waals surface area contributed by atoms with Crippen LogP contribution in [0.15, 0.2) is 30.5 Å². The number of nitrogens with zero attached hydrogens (tertiary/aromatic N) is 3. The van der Waals surface area contributed by atoms with Crippen molar-refractivity contribution < 1.29 is 9.59 Å². The summed E-state index contributed by atoms with van der Waals surface area (Å²) in [6.45, 7) is 3.85. The van der Waals surface area contributed by atoms with Gasteiger partial charge in [0.1, 0.15) is 11.5 Å². The molecule has 2 aromatic heterocycles. The van der Waals surface area contributed by atoms with Crippen molar-refractivity contribution in [3.63, 3.8) is 0 Å². The fourth-order valence-electron chi connectivity index (χ4n) is 2.90. The van der Waals surface area contributed by atoms with Crippen LogP contribution < -0.4 is 5.32 Å². The Hall–Kier alpha value is -2.89. The summed E-state index contributed by atoms with van der Waals surface area (Å²) in [5, 5.41) is 2.88. The van der Waals surface area contributed by atoms with Gasteiger partial charge in [-0.25, -0.2) is 4.98 Å². The van der Waals surface area contributed by atoms with E-state index in [2.05, 4.69) is 10.3 Å². The molecular formula is C18H20N4O2. The van der Waals surface area contributed by atoms with Crippen LogP contribution >= 0.6 is 0 Å². The molecule has 0 saturated heterocycles. The van der Waals surface area contributed by atoms with Crippen molar-refractivity contribution in [2.75, 3.05) is 0 Å². The topological polar surface area (TPSA) is 68.9 Å². The Balaban J connectivity index is 1.81. The lowest BCUT2D eigenvalue weighted by molar-refractivity contribution is 0.0941. The van der Waals surface area contributed by atoms with E-state index in [0.29, 0.717) is 17.8 Å². The molecule has 6 heteroatoms. The Morgan fingerprint density at radius 2 is 2.00 bits per heavy atom. The third-order valence-electron chi connectivity index (χ3n) is 4.24. The summed E-state index contributed by atoms with van der Waals surface area (Å²) in [7, 11) is 3.69. The molecule has 0 saturated carbocycles. The molecule has 0 radical (unpaired) electrons. The fourth-order valence-corrected chi connectivity index (χ4v) is 2.90. The molecular weight excluding hydrogens is 304 g/mol. The summed E-state index contributed by atoms with van der Waals surface area (Å²) in [5.74, 6) is 0.498. The number of amides is 1. The first kappa shape index (κ1) is 16.0. The van der Waals surface area contributed by atoms with Gasteiger partial charge in [-0.2, -0.15) is 0 Å². The molecule has 1 N–H and O–H groups in total. The second kappa shape index (κ2) is 5.96. The van der Waals surface area contributed by atoms with Crippen LogP contribution in [0.3, 0.4) is 0 Å². The number of carbonyl (C=O) groups is 2. The van der Waals surface area contributed by atoms with Gasteiger partial charge in [-0.15, -0.1) is 0 Å². The van der Waals surface area contributed by atoms with Gasteiger partial charge in [0.15, 0.2) is 5.78 Å². The zero-order valence-corrected chi connectivity index (χ0v) is 14.3. The predicted molar refractivity (Wildman–Crippen MR) is 92.0 cm³/mol. The molecule has 2 heterocycles. The van der Waals surface area contributed by atoms with E-state index in [4.69, 9.17) is 0 Å². The minimum absolute atomic E-state index is 0.0597. The second-order valence-corrected chi connectivity index (χ2v) is 5.99. The predicted octanol–water partition coefficient (Wildman–Crippen LogP) is 2.35. The van der Waals surface area contributed by atoms with Gasteiger partial charge in [-0.3, -0.25) is 9.59 Å². The van der Waals surface area contributed by atoms with Gasteiger partial charge in [0.25, 0.3) is 5.91 Å². The lowest BCUT2D eigenvalue weighted by atomic mass is 10.2. The first-order valence-electron chi connectivity index (χ1n) is 7.75. The Morgan fingerprint density at radius 3 is 2.62 bits per heavy atom. The average Bonchev–Trinajstić information content (AvgIpc) is 3.07. The molecule has 1 aromatic carbocycles. The van der Waals surface area contributed by atoms with Crippen molar-refractivity contribution in [1.82, 2.24) is 19.4 Å². The number of aryl methyl sites for hydroxylation is 3. The number of para-hydroxylation sites is 1. The lowest BCUT2D eigenvalue weighted by Gasteiger charge is -2.07. The molecule has 0 fully saturated rings. The Bertz CT molecular complexity index is 949. The first-order valence-corrected chi connectivity index (χ1v) is 7.75. The van der Waals surface area contributed by atoms with Crippen molar-refractivity contribution in [1.29, 1.82) is 0 Å². The number of rotatable bonds is 4. The van der Waals surface area contributed by atoms with Crippen molar-refractivity contribution in [3.8, 4) is 0 Å². The highest BCUT2D eigenvalue weighted by atomic mass is 16.2. The van der Waals surface area contributed by atoms with Crippen molar-refractivity contribution >= 4 is 22.7 Å². The quantitative estimate of drug-likeness (QED) is 0.749. The Labute approximate surface area is 140 Å². The van der Waals surface area contributed by atoms with Gasteiger partial charge >= 0.3 is 0 Å². The van der Waals surface area contributed by atoms with E-state index >= 15 is 0 Å². The van der Waals surface area contributed by atoms with Gasteiger partial charge in [0, 0.05) is 25.9 Å².